The maximum absolute atomic E-state index is 12.4. The van der Waals surface area contributed by atoms with Crippen LogP contribution in [0.25, 0.3) is 0 Å². The van der Waals surface area contributed by atoms with Gasteiger partial charge in [-0.1, -0.05) is 0 Å². The Balaban J connectivity index is 3.33. The maximum Gasteiger partial charge on any atom is 0.416 e. The Hall–Kier alpha value is -1.60. The third-order valence-corrected chi connectivity index (χ3v) is 2.68. The molecule has 0 unspecified atom stereocenters. The van der Waals surface area contributed by atoms with Gasteiger partial charge in [-0.2, -0.15) is 4.98 Å². The van der Waals surface area contributed by atoms with Crippen LogP contribution in [0.4, 0.5) is 10.6 Å². The number of nitrogens with zero attached hydrogens (tertiary/aromatic N) is 3. The van der Waals surface area contributed by atoms with Crippen molar-refractivity contribution in [2.45, 2.75) is 45.8 Å². The van der Waals surface area contributed by atoms with Gasteiger partial charge in [0.25, 0.3) is 0 Å². The molecule has 0 saturated carbocycles. The number of aliphatic hydroxyl groups excluding tert-OH is 1. The van der Waals surface area contributed by atoms with E-state index in [9.17, 15) is 15.0 Å². The molecule has 0 aliphatic carbocycles. The van der Waals surface area contributed by atoms with Gasteiger partial charge in [0.2, 0.25) is 5.28 Å². The molecule has 1 aromatic rings. The van der Waals surface area contributed by atoms with E-state index in [1.54, 1.807) is 34.6 Å². The molecule has 0 fully saturated rings. The normalized spacial score (nSPS) is 12.1. The number of carbonyl (C=O) groups is 1. The first kappa shape index (κ1) is 17.5. The molecule has 0 spiro atoms. The van der Waals surface area contributed by atoms with E-state index in [2.05, 4.69) is 9.97 Å². The Labute approximate surface area is 128 Å². The molecular weight excluding hydrogens is 298 g/mol. The van der Waals surface area contributed by atoms with Gasteiger partial charge < -0.3 is 14.9 Å². The van der Waals surface area contributed by atoms with Crippen molar-refractivity contribution in [2.24, 2.45) is 0 Å². The maximum atomic E-state index is 12.4. The number of halogens is 1. The van der Waals surface area contributed by atoms with Crippen molar-refractivity contribution in [3.8, 4) is 5.75 Å². The molecular formula is C13H20ClN3O4. The first-order chi connectivity index (χ1) is 9.48. The number of aromatic nitrogens is 2. The minimum Gasteiger partial charge on any atom is -0.503 e. The lowest BCUT2D eigenvalue weighted by Crippen LogP contribution is -2.52. The number of ether oxygens (including phenoxy) is 1. The van der Waals surface area contributed by atoms with E-state index in [-0.39, 0.29) is 23.5 Å². The highest BCUT2D eigenvalue weighted by Crippen LogP contribution is 2.32. The van der Waals surface area contributed by atoms with Gasteiger partial charge in [0.1, 0.15) is 5.60 Å². The summed E-state index contributed by atoms with van der Waals surface area (Å²) >= 11 is 5.72. The summed E-state index contributed by atoms with van der Waals surface area (Å²) in [5, 5.41) is 19.3. The minimum atomic E-state index is -1.06. The third-order valence-electron chi connectivity index (χ3n) is 2.50. The van der Waals surface area contributed by atoms with Crippen molar-refractivity contribution in [1.82, 2.24) is 9.97 Å². The molecule has 0 aromatic carbocycles. The summed E-state index contributed by atoms with van der Waals surface area (Å²) in [6.07, 6.45) is 0.321. The Bertz CT molecular complexity index is 529. The van der Waals surface area contributed by atoms with E-state index in [0.29, 0.717) is 0 Å². The number of carbonyl (C=O) groups excluding carboxylic acids is 1. The molecule has 0 radical (unpaired) electrons. The van der Waals surface area contributed by atoms with Crippen molar-refractivity contribution in [1.29, 1.82) is 0 Å². The fourth-order valence-corrected chi connectivity index (χ4v) is 1.64. The van der Waals surface area contributed by atoms with Crippen LogP contribution in [0, 0.1) is 0 Å². The Morgan fingerprint density at radius 1 is 1.38 bits per heavy atom. The molecule has 21 heavy (non-hydrogen) atoms. The topological polar surface area (TPSA) is 95.8 Å². The lowest BCUT2D eigenvalue weighted by Gasteiger charge is -2.37. The van der Waals surface area contributed by atoms with Crippen molar-refractivity contribution in [3.05, 3.63) is 11.5 Å². The van der Waals surface area contributed by atoms with Crippen LogP contribution in [0.5, 0.6) is 5.75 Å². The molecule has 2 N–H and O–H groups in total. The molecule has 0 aliphatic rings. The van der Waals surface area contributed by atoms with Gasteiger partial charge in [-0.05, 0) is 46.2 Å². The van der Waals surface area contributed by atoms with Crippen LogP contribution < -0.4 is 4.90 Å². The van der Waals surface area contributed by atoms with Gasteiger partial charge in [-0.25, -0.2) is 9.78 Å². The summed E-state index contributed by atoms with van der Waals surface area (Å²) in [4.78, 5) is 20.9. The van der Waals surface area contributed by atoms with Crippen molar-refractivity contribution in [2.75, 3.05) is 11.5 Å². The minimum absolute atomic E-state index is 0.122. The Morgan fingerprint density at radius 3 is 2.43 bits per heavy atom. The first-order valence-electron chi connectivity index (χ1n) is 6.33. The number of rotatable bonds is 3. The van der Waals surface area contributed by atoms with Crippen LogP contribution in [-0.2, 0) is 4.74 Å². The summed E-state index contributed by atoms with van der Waals surface area (Å²) in [5.74, 6) is -0.463. The molecule has 1 heterocycles. The highest BCUT2D eigenvalue weighted by molar-refractivity contribution is 6.28. The van der Waals surface area contributed by atoms with E-state index in [1.165, 1.54) is 0 Å². The molecule has 1 rings (SSSR count). The monoisotopic (exact) mass is 317 g/mol. The van der Waals surface area contributed by atoms with E-state index in [0.717, 1.165) is 11.1 Å². The molecule has 0 saturated heterocycles. The fourth-order valence-electron chi connectivity index (χ4n) is 1.51. The zero-order chi connectivity index (χ0) is 16.4. The van der Waals surface area contributed by atoms with Crippen LogP contribution in [0.2, 0.25) is 5.28 Å². The van der Waals surface area contributed by atoms with Crippen LogP contribution in [0.1, 0.15) is 34.6 Å². The standard InChI is InChI=1S/C13H20ClN3O4/c1-12(2,3)21-11(20)17(13(4,5)7-18)9-8(19)6-15-10(14)16-9/h6,18-19H,7H2,1-5H3. The predicted octanol–water partition coefficient (Wildman–Crippen LogP) is 2.35. The van der Waals surface area contributed by atoms with Crippen LogP contribution in [0.3, 0.4) is 0 Å². The number of amides is 1. The van der Waals surface area contributed by atoms with Gasteiger partial charge in [0, 0.05) is 0 Å². The number of hydrogen-bond donors (Lipinski definition) is 2. The summed E-state index contributed by atoms with van der Waals surface area (Å²) < 4.78 is 5.30. The SMILES string of the molecule is CC(C)(C)OC(=O)N(c1nc(Cl)ncc1O)C(C)(C)CO. The van der Waals surface area contributed by atoms with E-state index >= 15 is 0 Å². The summed E-state index contributed by atoms with van der Waals surface area (Å²) in [7, 11) is 0. The molecule has 0 bridgehead atoms. The average Bonchev–Trinajstić information content (AvgIpc) is 2.31. The van der Waals surface area contributed by atoms with Gasteiger partial charge in [0.05, 0.1) is 18.3 Å². The summed E-state index contributed by atoms with van der Waals surface area (Å²) in [6.45, 7) is 7.97. The highest BCUT2D eigenvalue weighted by atomic mass is 35.5. The second kappa shape index (κ2) is 6.03. The number of anilines is 1. The zero-order valence-electron chi connectivity index (χ0n) is 12.7. The lowest BCUT2D eigenvalue weighted by atomic mass is 10.0. The fraction of sp³-hybridized carbons (Fsp3) is 0.615. The number of hydrogen-bond acceptors (Lipinski definition) is 6. The van der Waals surface area contributed by atoms with Crippen LogP contribution in [-0.4, -0.2) is 44.0 Å². The van der Waals surface area contributed by atoms with Crippen molar-refractivity contribution >= 4 is 23.5 Å². The highest BCUT2D eigenvalue weighted by Gasteiger charge is 2.37. The first-order valence-corrected chi connectivity index (χ1v) is 6.71. The predicted molar refractivity (Wildman–Crippen MR) is 78.6 cm³/mol. The summed E-state index contributed by atoms with van der Waals surface area (Å²) in [6, 6.07) is 0. The van der Waals surface area contributed by atoms with E-state index in [1.807, 2.05) is 0 Å². The summed E-state index contributed by atoms with van der Waals surface area (Å²) in [5.41, 5.74) is -1.80. The quantitative estimate of drug-likeness (QED) is 0.831. The molecule has 0 aliphatic heterocycles. The molecule has 7 nitrogen and oxygen atoms in total. The Morgan fingerprint density at radius 2 is 1.95 bits per heavy atom. The van der Waals surface area contributed by atoms with Gasteiger partial charge in [-0.15, -0.1) is 0 Å². The molecule has 8 heteroatoms. The average molecular weight is 318 g/mol. The van der Waals surface area contributed by atoms with Gasteiger partial charge >= 0.3 is 6.09 Å². The van der Waals surface area contributed by atoms with Crippen molar-refractivity contribution < 1.29 is 19.7 Å². The van der Waals surface area contributed by atoms with Gasteiger partial charge in [0.15, 0.2) is 11.6 Å². The second-order valence-electron chi connectivity index (χ2n) is 6.13. The Kier molecular flexibility index (Phi) is 5.01. The van der Waals surface area contributed by atoms with E-state index < -0.39 is 17.2 Å². The van der Waals surface area contributed by atoms with Crippen molar-refractivity contribution in [3.63, 3.8) is 0 Å². The van der Waals surface area contributed by atoms with Crippen LogP contribution in [0.15, 0.2) is 6.20 Å². The van der Waals surface area contributed by atoms with E-state index in [4.69, 9.17) is 16.3 Å². The molecule has 118 valence electrons. The molecule has 0 atom stereocenters. The largest absolute Gasteiger partial charge is 0.503 e. The number of aromatic hydroxyl groups is 1. The third kappa shape index (κ3) is 4.44. The smallest absolute Gasteiger partial charge is 0.416 e. The lowest BCUT2D eigenvalue weighted by molar-refractivity contribution is 0.0515. The number of aliphatic hydroxyl groups is 1. The van der Waals surface area contributed by atoms with Crippen LogP contribution >= 0.6 is 11.6 Å². The molecule has 1 amide bonds. The molecule has 1 aromatic heterocycles. The van der Waals surface area contributed by atoms with Gasteiger partial charge in [-0.3, -0.25) is 4.90 Å². The second-order valence-corrected chi connectivity index (χ2v) is 6.47. The zero-order valence-corrected chi connectivity index (χ0v) is 13.5.